The Morgan fingerprint density at radius 3 is 2.44 bits per heavy atom. The zero-order valence-electron chi connectivity index (χ0n) is 25.5. The Bertz CT molecular complexity index is 1540. The van der Waals surface area contributed by atoms with Crippen LogP contribution >= 0.6 is 10.2 Å². The van der Waals surface area contributed by atoms with E-state index in [1.807, 2.05) is 29.9 Å². The molecule has 3 aromatic rings. The lowest BCUT2D eigenvalue weighted by atomic mass is 9.89. The fourth-order valence-electron chi connectivity index (χ4n) is 6.41. The number of ether oxygens (including phenoxy) is 1. The van der Waals surface area contributed by atoms with E-state index in [1.165, 1.54) is 6.07 Å². The average Bonchev–Trinajstić information content (AvgIpc) is 3.41. The number of halogens is 5. The number of benzene rings is 2. The Balaban J connectivity index is 1.18. The van der Waals surface area contributed by atoms with Gasteiger partial charge in [-0.1, -0.05) is 50.8 Å². The standard InChI is InChI=1S/C32H41F5N4O3S/c1-23-18-30-27(20-29(23)32(43)38-12-13-40-14-16-44-17-15-40)22-41(39-30)21-24-6-2-3-8-25(9-4-7-24)31(42)26-10-5-11-28(19-26)45(33,34,35,36)37/h5,10-11,18-20,22,24-25H,2-4,6-9,12-17,21H2,1H3,(H,38,43). The van der Waals surface area contributed by atoms with Gasteiger partial charge in [0.25, 0.3) is 5.91 Å². The highest BCUT2D eigenvalue weighted by Gasteiger charge is 2.65. The second kappa shape index (κ2) is 12.6. The van der Waals surface area contributed by atoms with E-state index < -0.39 is 26.8 Å². The third-order valence-electron chi connectivity index (χ3n) is 8.92. The van der Waals surface area contributed by atoms with Crippen LogP contribution < -0.4 is 5.32 Å². The van der Waals surface area contributed by atoms with Crippen molar-refractivity contribution >= 4 is 32.8 Å². The zero-order chi connectivity index (χ0) is 32.3. The molecule has 1 amide bonds. The molecule has 248 valence electrons. The Morgan fingerprint density at radius 1 is 0.978 bits per heavy atom. The van der Waals surface area contributed by atoms with E-state index >= 15 is 0 Å². The Kier molecular flexibility index (Phi) is 9.36. The highest BCUT2D eigenvalue weighted by molar-refractivity contribution is 8.45. The third kappa shape index (κ3) is 8.82. The lowest BCUT2D eigenvalue weighted by Crippen LogP contribution is -2.41. The van der Waals surface area contributed by atoms with Crippen molar-refractivity contribution in [1.29, 1.82) is 0 Å². The van der Waals surface area contributed by atoms with E-state index in [0.29, 0.717) is 63.3 Å². The van der Waals surface area contributed by atoms with Crippen LogP contribution in [0.3, 0.4) is 0 Å². The van der Waals surface area contributed by atoms with Crippen LogP contribution in [0.25, 0.3) is 10.9 Å². The molecule has 2 atom stereocenters. The minimum absolute atomic E-state index is 0.115. The van der Waals surface area contributed by atoms with Gasteiger partial charge in [-0.05, 0) is 68.4 Å². The predicted octanol–water partition coefficient (Wildman–Crippen LogP) is 7.92. The van der Waals surface area contributed by atoms with Crippen molar-refractivity contribution in [3.63, 3.8) is 0 Å². The van der Waals surface area contributed by atoms with Crippen molar-refractivity contribution in [2.45, 2.75) is 63.3 Å². The quantitative estimate of drug-likeness (QED) is 0.187. The Hall–Kier alpha value is -3.03. The maximum absolute atomic E-state index is 13.3. The summed E-state index contributed by atoms with van der Waals surface area (Å²) in [6.07, 6.45) is 6.91. The van der Waals surface area contributed by atoms with Gasteiger partial charge < -0.3 is 10.1 Å². The van der Waals surface area contributed by atoms with E-state index in [-0.39, 0.29) is 17.4 Å². The number of Topliss-reactive ketones (excluding diaryl/α,β-unsaturated/α-hetero) is 1. The van der Waals surface area contributed by atoms with E-state index in [0.717, 1.165) is 67.9 Å². The molecule has 13 heteroatoms. The van der Waals surface area contributed by atoms with Gasteiger partial charge in [0, 0.05) is 61.4 Å². The van der Waals surface area contributed by atoms with E-state index in [4.69, 9.17) is 9.84 Å². The molecule has 1 aromatic heterocycles. The number of aromatic nitrogens is 2. The largest absolute Gasteiger partial charge is 0.379 e. The lowest BCUT2D eigenvalue weighted by molar-refractivity contribution is 0.0383. The number of amides is 1. The first-order valence-electron chi connectivity index (χ1n) is 15.6. The van der Waals surface area contributed by atoms with Crippen LogP contribution in [0.5, 0.6) is 0 Å². The summed E-state index contributed by atoms with van der Waals surface area (Å²) in [5.41, 5.74) is 1.96. The molecule has 1 saturated heterocycles. The molecule has 2 aliphatic rings. The van der Waals surface area contributed by atoms with Crippen molar-refractivity contribution in [3.8, 4) is 0 Å². The Morgan fingerprint density at radius 2 is 1.69 bits per heavy atom. The Labute approximate surface area is 260 Å². The molecular formula is C32H41F5N4O3S. The van der Waals surface area contributed by atoms with Crippen molar-refractivity contribution in [1.82, 2.24) is 20.0 Å². The van der Waals surface area contributed by atoms with Gasteiger partial charge in [0.15, 0.2) is 5.78 Å². The van der Waals surface area contributed by atoms with Gasteiger partial charge in [-0.3, -0.25) is 19.2 Å². The molecule has 0 radical (unpaired) electrons. The topological polar surface area (TPSA) is 76.5 Å². The van der Waals surface area contributed by atoms with Crippen LogP contribution in [-0.2, 0) is 11.3 Å². The van der Waals surface area contributed by atoms with Crippen LogP contribution in [0, 0.1) is 18.8 Å². The molecule has 5 rings (SSSR count). The van der Waals surface area contributed by atoms with Crippen LogP contribution in [0.4, 0.5) is 19.4 Å². The molecule has 2 unspecified atom stereocenters. The number of morpholine rings is 1. The number of carbonyl (C=O) groups excluding carboxylic acids is 2. The zero-order valence-corrected chi connectivity index (χ0v) is 26.3. The second-order valence-corrected chi connectivity index (χ2v) is 14.8. The minimum Gasteiger partial charge on any atom is -0.379 e. The number of fused-ring (bicyclic) bond motifs is 1. The van der Waals surface area contributed by atoms with Crippen molar-refractivity contribution in [2.24, 2.45) is 11.8 Å². The normalized spacial score (nSPS) is 22.1. The summed E-state index contributed by atoms with van der Waals surface area (Å²) in [4.78, 5) is 26.3. The first-order valence-corrected chi connectivity index (χ1v) is 17.6. The van der Waals surface area contributed by atoms with Gasteiger partial charge in [-0.15, -0.1) is 0 Å². The van der Waals surface area contributed by atoms with Gasteiger partial charge in [0.2, 0.25) is 0 Å². The molecule has 0 bridgehead atoms. The highest BCUT2D eigenvalue weighted by atomic mass is 32.5. The number of hydrogen-bond acceptors (Lipinski definition) is 5. The summed E-state index contributed by atoms with van der Waals surface area (Å²) < 4.78 is 73.9. The van der Waals surface area contributed by atoms with Crippen LogP contribution in [0.2, 0.25) is 0 Å². The summed E-state index contributed by atoms with van der Waals surface area (Å²) in [5.74, 6) is -0.845. The second-order valence-electron chi connectivity index (χ2n) is 12.4. The lowest BCUT2D eigenvalue weighted by Gasteiger charge is -2.40. The van der Waals surface area contributed by atoms with Crippen LogP contribution in [0.15, 0.2) is 47.5 Å². The molecule has 2 aromatic carbocycles. The maximum Gasteiger partial charge on any atom is 0.310 e. The van der Waals surface area contributed by atoms with E-state index in [2.05, 4.69) is 10.2 Å². The van der Waals surface area contributed by atoms with Crippen molar-refractivity contribution < 1.29 is 33.8 Å². The number of nitrogens with zero attached hydrogens (tertiary/aromatic N) is 3. The monoisotopic (exact) mass is 656 g/mol. The van der Waals surface area contributed by atoms with Gasteiger partial charge in [-0.2, -0.15) is 5.10 Å². The summed E-state index contributed by atoms with van der Waals surface area (Å²) >= 11 is 0. The van der Waals surface area contributed by atoms with Gasteiger partial charge >= 0.3 is 10.2 Å². The molecule has 1 aliphatic heterocycles. The summed E-state index contributed by atoms with van der Waals surface area (Å²) in [6.45, 7) is 7.05. The van der Waals surface area contributed by atoms with Crippen LogP contribution in [-0.4, -0.2) is 65.8 Å². The fourth-order valence-corrected chi connectivity index (χ4v) is 7.10. The fraction of sp³-hybridized carbons (Fsp3) is 0.531. The van der Waals surface area contributed by atoms with E-state index in [1.54, 1.807) is 0 Å². The number of carbonyl (C=O) groups is 2. The smallest absolute Gasteiger partial charge is 0.310 e. The number of ketones is 1. The molecule has 1 aliphatic carbocycles. The predicted molar refractivity (Wildman–Crippen MR) is 166 cm³/mol. The van der Waals surface area contributed by atoms with Crippen molar-refractivity contribution in [3.05, 3.63) is 59.3 Å². The summed E-state index contributed by atoms with van der Waals surface area (Å²) in [6, 6.07) is 6.51. The molecule has 7 nitrogen and oxygen atoms in total. The number of hydrogen-bond donors (Lipinski definition) is 1. The SMILES string of the molecule is Cc1cc2nn(CC3CCCCC(C(=O)c4cccc(S(F)(F)(F)(F)F)c4)CCC3)cc2cc1C(=O)NCCN1CCOCC1. The van der Waals surface area contributed by atoms with Gasteiger partial charge in [0.05, 0.1) is 18.7 Å². The molecule has 2 fully saturated rings. The molecule has 1 saturated carbocycles. The van der Waals surface area contributed by atoms with E-state index in [9.17, 15) is 29.0 Å². The molecule has 2 heterocycles. The summed E-state index contributed by atoms with van der Waals surface area (Å²) in [5, 5.41) is 8.65. The first kappa shape index (κ1) is 33.3. The number of nitrogens with one attached hydrogen (secondary N) is 1. The van der Waals surface area contributed by atoms with Crippen molar-refractivity contribution in [2.75, 3.05) is 39.4 Å². The molecule has 45 heavy (non-hydrogen) atoms. The first-order chi connectivity index (χ1) is 21.2. The highest BCUT2D eigenvalue weighted by Crippen LogP contribution is 3.02. The van der Waals surface area contributed by atoms with Crippen LogP contribution in [0.1, 0.15) is 71.2 Å². The maximum atomic E-state index is 13.3. The van der Waals surface area contributed by atoms with Gasteiger partial charge in [-0.25, -0.2) is 0 Å². The number of rotatable bonds is 9. The third-order valence-corrected chi connectivity index (χ3v) is 10.1. The molecule has 0 spiro atoms. The number of aryl methyl sites for hydroxylation is 1. The average molecular weight is 657 g/mol. The van der Waals surface area contributed by atoms with Gasteiger partial charge in [0.1, 0.15) is 4.90 Å². The molecular weight excluding hydrogens is 615 g/mol. The minimum atomic E-state index is -9.87. The summed E-state index contributed by atoms with van der Waals surface area (Å²) in [7, 11) is -9.87. The molecule has 1 N–H and O–H groups in total.